The van der Waals surface area contributed by atoms with Crippen LogP contribution in [-0.4, -0.2) is 45.4 Å². The zero-order valence-electron chi connectivity index (χ0n) is 15.1. The van der Waals surface area contributed by atoms with Gasteiger partial charge in [0.2, 0.25) is 0 Å². The van der Waals surface area contributed by atoms with Gasteiger partial charge in [0, 0.05) is 7.05 Å². The topological polar surface area (TPSA) is 96.2 Å². The van der Waals surface area contributed by atoms with Gasteiger partial charge in [-0.25, -0.2) is 4.68 Å². The number of carbonyl (C=O) groups excluding carboxylic acids is 2. The molecule has 1 saturated carbocycles. The van der Waals surface area contributed by atoms with Crippen molar-refractivity contribution in [3.05, 3.63) is 23.5 Å². The monoisotopic (exact) mass is 358 g/mol. The van der Waals surface area contributed by atoms with Crippen molar-refractivity contribution >= 4 is 12.3 Å². The lowest BCUT2D eigenvalue weighted by Gasteiger charge is -2.28. The van der Waals surface area contributed by atoms with Gasteiger partial charge in [0.25, 0.3) is 0 Å². The number of carbonyl (C=O) groups is 2. The first-order chi connectivity index (χ1) is 12.5. The molecule has 0 bridgehead atoms. The molecule has 26 heavy (non-hydrogen) atoms. The summed E-state index contributed by atoms with van der Waals surface area (Å²) in [5.41, 5.74) is 2.28. The quantitative estimate of drug-likeness (QED) is 0.596. The summed E-state index contributed by atoms with van der Waals surface area (Å²) < 4.78 is 12.3. The average molecular weight is 358 g/mol. The molecule has 0 saturated heterocycles. The van der Waals surface area contributed by atoms with E-state index in [0.29, 0.717) is 35.5 Å². The first-order valence-corrected chi connectivity index (χ1v) is 8.59. The van der Waals surface area contributed by atoms with Crippen LogP contribution in [0.5, 0.6) is 5.75 Å². The number of hydrogen-bond donors (Lipinski definition) is 0. The van der Waals surface area contributed by atoms with Crippen molar-refractivity contribution in [2.24, 2.45) is 13.0 Å². The third-order valence-electron chi connectivity index (χ3n) is 4.74. The molecule has 1 aliphatic carbocycles. The Labute approximate surface area is 151 Å². The van der Waals surface area contributed by atoms with E-state index in [4.69, 9.17) is 9.47 Å². The number of rotatable bonds is 5. The molecule has 0 unspecified atom stereocenters. The number of nitrogens with zero attached hydrogens (tertiary/aromatic N) is 4. The van der Waals surface area contributed by atoms with Crippen LogP contribution in [0, 0.1) is 12.8 Å². The predicted octanol–water partition coefficient (Wildman–Crippen LogP) is 2.11. The summed E-state index contributed by atoms with van der Waals surface area (Å²) in [7, 11) is 3.07. The Morgan fingerprint density at radius 1 is 1.38 bits per heavy atom. The fraction of sp³-hybridized carbons (Fsp3) is 0.500. The Balaban J connectivity index is 1.76. The summed E-state index contributed by atoms with van der Waals surface area (Å²) >= 11 is 0. The Morgan fingerprint density at radius 3 is 2.88 bits per heavy atom. The molecule has 0 amide bonds. The standard InChI is InChI=1S/C18H22N4O4/c1-11-7-14(17-15(10-23)22(2)21-20-17)19-9-16(11)26-13-6-4-5-12(8-13)18(24)25-3/h7,9-10,12-13H,4-6,8H2,1-3H3/t12-,13-/m0/s1. The zero-order valence-corrected chi connectivity index (χ0v) is 15.1. The highest BCUT2D eigenvalue weighted by molar-refractivity contribution is 5.82. The molecule has 2 aromatic rings. The fourth-order valence-corrected chi connectivity index (χ4v) is 3.29. The second kappa shape index (κ2) is 7.63. The van der Waals surface area contributed by atoms with Crippen LogP contribution in [0.15, 0.2) is 12.3 Å². The molecule has 3 rings (SSSR count). The van der Waals surface area contributed by atoms with Crippen LogP contribution in [-0.2, 0) is 16.6 Å². The summed E-state index contributed by atoms with van der Waals surface area (Å²) in [5, 5.41) is 7.87. The molecule has 8 nitrogen and oxygen atoms in total. The van der Waals surface area contributed by atoms with Crippen molar-refractivity contribution in [2.45, 2.75) is 38.7 Å². The van der Waals surface area contributed by atoms with E-state index in [1.807, 2.05) is 13.0 Å². The molecule has 0 radical (unpaired) electrons. The van der Waals surface area contributed by atoms with E-state index in [1.54, 1.807) is 13.2 Å². The summed E-state index contributed by atoms with van der Waals surface area (Å²) in [6, 6.07) is 1.83. The Morgan fingerprint density at radius 2 is 2.19 bits per heavy atom. The molecular weight excluding hydrogens is 336 g/mol. The molecule has 8 heteroatoms. The van der Waals surface area contributed by atoms with Gasteiger partial charge in [0.1, 0.15) is 17.1 Å². The molecule has 1 aliphatic rings. The predicted molar refractivity (Wildman–Crippen MR) is 92.7 cm³/mol. The lowest BCUT2D eigenvalue weighted by molar-refractivity contribution is -0.147. The largest absolute Gasteiger partial charge is 0.489 e. The van der Waals surface area contributed by atoms with E-state index < -0.39 is 0 Å². The third kappa shape index (κ3) is 3.58. The summed E-state index contributed by atoms with van der Waals surface area (Å²) in [6.45, 7) is 1.91. The molecule has 2 aromatic heterocycles. The molecule has 1 fully saturated rings. The number of esters is 1. The van der Waals surface area contributed by atoms with Crippen molar-refractivity contribution < 1.29 is 19.1 Å². The van der Waals surface area contributed by atoms with Gasteiger partial charge in [-0.3, -0.25) is 14.6 Å². The third-order valence-corrected chi connectivity index (χ3v) is 4.74. The van der Waals surface area contributed by atoms with Gasteiger partial charge in [-0.2, -0.15) is 0 Å². The fourth-order valence-electron chi connectivity index (χ4n) is 3.29. The maximum Gasteiger partial charge on any atom is 0.308 e. The molecule has 2 atom stereocenters. The minimum absolute atomic E-state index is 0.0405. The lowest BCUT2D eigenvalue weighted by Crippen LogP contribution is -2.30. The minimum Gasteiger partial charge on any atom is -0.489 e. The van der Waals surface area contributed by atoms with Crippen molar-refractivity contribution in [1.82, 2.24) is 20.0 Å². The molecule has 0 N–H and O–H groups in total. The van der Waals surface area contributed by atoms with Crippen LogP contribution in [0.3, 0.4) is 0 Å². The second-order valence-corrected chi connectivity index (χ2v) is 6.53. The maximum atomic E-state index is 11.8. The van der Waals surface area contributed by atoms with E-state index >= 15 is 0 Å². The highest BCUT2D eigenvalue weighted by Gasteiger charge is 2.29. The van der Waals surface area contributed by atoms with Crippen molar-refractivity contribution in [2.75, 3.05) is 7.11 Å². The molecule has 0 spiro atoms. The molecule has 2 heterocycles. The van der Waals surface area contributed by atoms with E-state index in [0.717, 1.165) is 24.8 Å². The van der Waals surface area contributed by atoms with E-state index in [2.05, 4.69) is 15.3 Å². The van der Waals surface area contributed by atoms with Gasteiger partial charge in [0.15, 0.2) is 6.29 Å². The van der Waals surface area contributed by atoms with Crippen LogP contribution < -0.4 is 4.74 Å². The SMILES string of the molecule is COC(=O)[C@H]1CCC[C@H](Oc2cnc(-c3nnn(C)c3C=O)cc2C)C1. The van der Waals surface area contributed by atoms with Gasteiger partial charge in [-0.05, 0) is 44.2 Å². The Kier molecular flexibility index (Phi) is 5.29. The van der Waals surface area contributed by atoms with Gasteiger partial charge in [-0.1, -0.05) is 5.21 Å². The summed E-state index contributed by atoms with van der Waals surface area (Å²) in [6.07, 6.45) is 5.62. The number of ether oxygens (including phenoxy) is 2. The average Bonchev–Trinajstić information content (AvgIpc) is 3.03. The highest BCUT2D eigenvalue weighted by Crippen LogP contribution is 2.31. The van der Waals surface area contributed by atoms with Crippen molar-refractivity contribution in [3.63, 3.8) is 0 Å². The molecular formula is C18H22N4O4. The van der Waals surface area contributed by atoms with E-state index in [1.165, 1.54) is 11.8 Å². The number of pyridine rings is 1. The summed E-state index contributed by atoms with van der Waals surface area (Å²) in [5.74, 6) is 0.384. The zero-order chi connectivity index (χ0) is 18.7. The number of aryl methyl sites for hydroxylation is 2. The van der Waals surface area contributed by atoms with Crippen LogP contribution in [0.1, 0.15) is 41.7 Å². The van der Waals surface area contributed by atoms with Crippen molar-refractivity contribution in [3.8, 4) is 17.1 Å². The van der Waals surface area contributed by atoms with Crippen LogP contribution in [0.2, 0.25) is 0 Å². The first-order valence-electron chi connectivity index (χ1n) is 8.59. The first kappa shape index (κ1) is 18.0. The van der Waals surface area contributed by atoms with Crippen LogP contribution in [0.25, 0.3) is 11.4 Å². The maximum absolute atomic E-state index is 11.8. The van der Waals surface area contributed by atoms with Gasteiger partial charge < -0.3 is 9.47 Å². The van der Waals surface area contributed by atoms with E-state index in [-0.39, 0.29) is 18.0 Å². The van der Waals surface area contributed by atoms with Gasteiger partial charge in [-0.15, -0.1) is 5.10 Å². The van der Waals surface area contributed by atoms with Gasteiger partial charge in [0.05, 0.1) is 31.0 Å². The minimum atomic E-state index is -0.174. The normalized spacial score (nSPS) is 19.8. The van der Waals surface area contributed by atoms with Crippen molar-refractivity contribution in [1.29, 1.82) is 0 Å². The Bertz CT molecular complexity index is 818. The second-order valence-electron chi connectivity index (χ2n) is 6.53. The van der Waals surface area contributed by atoms with E-state index in [9.17, 15) is 9.59 Å². The smallest absolute Gasteiger partial charge is 0.308 e. The molecule has 0 aliphatic heterocycles. The van der Waals surface area contributed by atoms with Gasteiger partial charge >= 0.3 is 5.97 Å². The number of hydrogen-bond acceptors (Lipinski definition) is 7. The highest BCUT2D eigenvalue weighted by atomic mass is 16.5. The lowest BCUT2D eigenvalue weighted by atomic mass is 9.87. The molecule has 138 valence electrons. The van der Waals surface area contributed by atoms with Crippen LogP contribution >= 0.6 is 0 Å². The molecule has 0 aromatic carbocycles. The number of aldehydes is 1. The number of methoxy groups -OCH3 is 1. The summed E-state index contributed by atoms with van der Waals surface area (Å²) in [4.78, 5) is 27.4. The number of aromatic nitrogens is 4. The Hall–Kier alpha value is -2.77. The van der Waals surface area contributed by atoms with Crippen LogP contribution in [0.4, 0.5) is 0 Å².